The Morgan fingerprint density at radius 3 is 3.00 bits per heavy atom. The fourth-order valence-electron chi connectivity index (χ4n) is 1.47. The van der Waals surface area contributed by atoms with Crippen LogP contribution >= 0.6 is 11.6 Å². The van der Waals surface area contributed by atoms with E-state index in [1.807, 2.05) is 7.05 Å². The van der Waals surface area contributed by atoms with Crippen molar-refractivity contribution in [1.82, 2.24) is 15.5 Å². The molecule has 0 amide bonds. The standard InChI is InChI=1S/C11H11ClFN3/c1-14-6-8-5-11(16-15-8)9-4-7(12)2-3-10(9)13/h2-5,14H,6H2,1H3,(H,15,16). The van der Waals surface area contributed by atoms with E-state index in [0.717, 1.165) is 5.69 Å². The minimum Gasteiger partial charge on any atom is -0.314 e. The van der Waals surface area contributed by atoms with Crippen molar-refractivity contribution in [1.29, 1.82) is 0 Å². The highest BCUT2D eigenvalue weighted by molar-refractivity contribution is 6.30. The summed E-state index contributed by atoms with van der Waals surface area (Å²) >= 11 is 5.82. The molecule has 2 aromatic rings. The van der Waals surface area contributed by atoms with Crippen molar-refractivity contribution in [3.05, 3.63) is 40.8 Å². The quantitative estimate of drug-likeness (QED) is 0.865. The molecule has 3 nitrogen and oxygen atoms in total. The molecule has 1 aromatic carbocycles. The van der Waals surface area contributed by atoms with Gasteiger partial charge in [-0.15, -0.1) is 0 Å². The lowest BCUT2D eigenvalue weighted by molar-refractivity contribution is 0.630. The predicted molar refractivity (Wildman–Crippen MR) is 61.8 cm³/mol. The number of aromatic amines is 1. The molecule has 16 heavy (non-hydrogen) atoms. The molecular weight excluding hydrogens is 229 g/mol. The van der Waals surface area contributed by atoms with Gasteiger partial charge in [-0.2, -0.15) is 5.10 Å². The van der Waals surface area contributed by atoms with Crippen molar-refractivity contribution in [2.24, 2.45) is 0 Å². The van der Waals surface area contributed by atoms with Gasteiger partial charge < -0.3 is 5.32 Å². The van der Waals surface area contributed by atoms with E-state index >= 15 is 0 Å². The van der Waals surface area contributed by atoms with Crippen LogP contribution in [0.5, 0.6) is 0 Å². The van der Waals surface area contributed by atoms with E-state index in [9.17, 15) is 4.39 Å². The molecule has 2 N–H and O–H groups in total. The van der Waals surface area contributed by atoms with E-state index in [1.54, 1.807) is 12.1 Å². The molecule has 0 aliphatic heterocycles. The Balaban J connectivity index is 2.38. The monoisotopic (exact) mass is 239 g/mol. The normalized spacial score (nSPS) is 10.7. The van der Waals surface area contributed by atoms with Crippen molar-refractivity contribution < 1.29 is 4.39 Å². The van der Waals surface area contributed by atoms with Crippen molar-refractivity contribution in [2.45, 2.75) is 6.54 Å². The second-order valence-corrected chi connectivity index (χ2v) is 3.87. The van der Waals surface area contributed by atoms with E-state index in [2.05, 4.69) is 15.5 Å². The van der Waals surface area contributed by atoms with E-state index < -0.39 is 0 Å². The van der Waals surface area contributed by atoms with E-state index in [4.69, 9.17) is 11.6 Å². The molecule has 1 aromatic heterocycles. The van der Waals surface area contributed by atoms with Crippen LogP contribution in [0.1, 0.15) is 5.69 Å². The summed E-state index contributed by atoms with van der Waals surface area (Å²) in [5.74, 6) is -0.327. The zero-order chi connectivity index (χ0) is 11.5. The topological polar surface area (TPSA) is 40.7 Å². The maximum absolute atomic E-state index is 13.5. The summed E-state index contributed by atoms with van der Waals surface area (Å²) in [5, 5.41) is 10.4. The third-order valence-electron chi connectivity index (χ3n) is 2.20. The molecule has 2 rings (SSSR count). The molecule has 0 bridgehead atoms. The van der Waals surface area contributed by atoms with Crippen molar-refractivity contribution in [3.8, 4) is 11.3 Å². The lowest BCUT2D eigenvalue weighted by Gasteiger charge is -1.99. The van der Waals surface area contributed by atoms with Gasteiger partial charge in [-0.05, 0) is 31.3 Å². The predicted octanol–water partition coefficient (Wildman–Crippen LogP) is 2.59. The van der Waals surface area contributed by atoms with E-state index in [1.165, 1.54) is 12.1 Å². The lowest BCUT2D eigenvalue weighted by Crippen LogP contribution is -2.04. The molecule has 1 heterocycles. The smallest absolute Gasteiger partial charge is 0.132 e. The molecule has 0 unspecified atom stereocenters. The Kier molecular flexibility index (Phi) is 3.22. The van der Waals surface area contributed by atoms with E-state index in [-0.39, 0.29) is 5.82 Å². The zero-order valence-corrected chi connectivity index (χ0v) is 9.48. The van der Waals surface area contributed by atoms with Gasteiger partial charge in [0.05, 0.1) is 5.69 Å². The first-order valence-corrected chi connectivity index (χ1v) is 5.23. The summed E-state index contributed by atoms with van der Waals surface area (Å²) in [5.41, 5.74) is 1.87. The van der Waals surface area contributed by atoms with Gasteiger partial charge in [-0.3, -0.25) is 5.10 Å². The van der Waals surface area contributed by atoms with Gasteiger partial charge in [-0.25, -0.2) is 4.39 Å². The minimum atomic E-state index is -0.327. The number of nitrogens with zero attached hydrogens (tertiary/aromatic N) is 1. The molecule has 84 valence electrons. The Morgan fingerprint density at radius 1 is 1.44 bits per heavy atom. The Morgan fingerprint density at radius 2 is 2.25 bits per heavy atom. The fraction of sp³-hybridized carbons (Fsp3) is 0.182. The molecule has 0 atom stereocenters. The van der Waals surface area contributed by atoms with E-state index in [0.29, 0.717) is 22.8 Å². The zero-order valence-electron chi connectivity index (χ0n) is 8.72. The highest BCUT2D eigenvalue weighted by Crippen LogP contribution is 2.24. The summed E-state index contributed by atoms with van der Waals surface area (Å²) in [7, 11) is 1.83. The second kappa shape index (κ2) is 4.63. The molecule has 0 spiro atoms. The SMILES string of the molecule is CNCc1cc(-c2cc(Cl)ccc2F)n[nH]1. The van der Waals surface area contributed by atoms with Crippen LogP contribution in [0.3, 0.4) is 0 Å². The highest BCUT2D eigenvalue weighted by atomic mass is 35.5. The third kappa shape index (κ3) is 2.23. The molecule has 0 saturated carbocycles. The number of aromatic nitrogens is 2. The van der Waals surface area contributed by atoms with Gasteiger partial charge in [0.1, 0.15) is 5.82 Å². The Labute approximate surface area is 97.6 Å². The largest absolute Gasteiger partial charge is 0.314 e. The van der Waals surface area contributed by atoms with Crippen molar-refractivity contribution in [3.63, 3.8) is 0 Å². The molecule has 0 aliphatic carbocycles. The van der Waals surface area contributed by atoms with Crippen molar-refractivity contribution in [2.75, 3.05) is 7.05 Å². The second-order valence-electron chi connectivity index (χ2n) is 3.43. The van der Waals surface area contributed by atoms with Crippen molar-refractivity contribution >= 4 is 11.6 Å². The Bertz CT molecular complexity index is 496. The summed E-state index contributed by atoms with van der Waals surface area (Å²) in [6.45, 7) is 0.662. The number of halogens is 2. The number of hydrogen-bond donors (Lipinski definition) is 2. The Hall–Kier alpha value is -1.39. The molecular formula is C11H11ClFN3. The fourth-order valence-corrected chi connectivity index (χ4v) is 1.65. The lowest BCUT2D eigenvalue weighted by atomic mass is 10.1. The van der Waals surface area contributed by atoms with Gasteiger partial charge in [-0.1, -0.05) is 11.6 Å². The third-order valence-corrected chi connectivity index (χ3v) is 2.44. The van der Waals surface area contributed by atoms with Crippen LogP contribution in [0.2, 0.25) is 5.02 Å². The summed E-state index contributed by atoms with van der Waals surface area (Å²) in [6, 6.07) is 6.22. The first-order valence-electron chi connectivity index (χ1n) is 4.85. The average molecular weight is 240 g/mol. The van der Waals surface area contributed by atoms with Crippen LogP contribution < -0.4 is 5.32 Å². The summed E-state index contributed by atoms with van der Waals surface area (Å²) in [6.07, 6.45) is 0. The van der Waals surface area contributed by atoms with Gasteiger partial charge in [0.2, 0.25) is 0 Å². The number of hydrogen-bond acceptors (Lipinski definition) is 2. The molecule has 5 heteroatoms. The number of H-pyrrole nitrogens is 1. The summed E-state index contributed by atoms with van der Waals surface area (Å²) in [4.78, 5) is 0. The number of benzene rings is 1. The molecule has 0 radical (unpaired) electrons. The molecule has 0 fully saturated rings. The van der Waals surface area contributed by atoms with Gasteiger partial charge in [0.15, 0.2) is 0 Å². The van der Waals surface area contributed by atoms with Gasteiger partial charge in [0.25, 0.3) is 0 Å². The maximum Gasteiger partial charge on any atom is 0.132 e. The van der Waals surface area contributed by atoms with Crippen LogP contribution in [0.15, 0.2) is 24.3 Å². The minimum absolute atomic E-state index is 0.327. The van der Waals surface area contributed by atoms with Gasteiger partial charge >= 0.3 is 0 Å². The van der Waals surface area contributed by atoms with Crippen LogP contribution in [0.25, 0.3) is 11.3 Å². The first kappa shape index (κ1) is 11.1. The number of nitrogens with one attached hydrogen (secondary N) is 2. The van der Waals surface area contributed by atoms with Gasteiger partial charge in [0, 0.05) is 22.8 Å². The summed E-state index contributed by atoms with van der Waals surface area (Å²) < 4.78 is 13.5. The van der Waals surface area contributed by atoms with Crippen LogP contribution in [-0.2, 0) is 6.54 Å². The average Bonchev–Trinajstić information content (AvgIpc) is 2.71. The molecule has 0 aliphatic rings. The number of rotatable bonds is 3. The van der Waals surface area contributed by atoms with Crippen LogP contribution in [-0.4, -0.2) is 17.2 Å². The van der Waals surface area contributed by atoms with Crippen LogP contribution in [0.4, 0.5) is 4.39 Å². The molecule has 0 saturated heterocycles. The maximum atomic E-state index is 13.5. The van der Waals surface area contributed by atoms with Crippen LogP contribution in [0, 0.1) is 5.82 Å². The first-order chi connectivity index (χ1) is 7.70. The highest BCUT2D eigenvalue weighted by Gasteiger charge is 2.09.